The molecular weight excluding hydrogens is 268 g/mol. The standard InChI is InChI=1S/C12H11BrN2O/c13-12-4-3-11(9-15-12)16-7-5-10-2-1-6-14-8-10/h1-4,6,8-9H,5,7H2. The lowest BCUT2D eigenvalue weighted by atomic mass is 10.2. The Kier molecular flexibility index (Phi) is 3.88. The van der Waals surface area contributed by atoms with Gasteiger partial charge in [-0.1, -0.05) is 6.07 Å². The molecule has 3 nitrogen and oxygen atoms in total. The van der Waals surface area contributed by atoms with Crippen LogP contribution in [-0.2, 0) is 6.42 Å². The molecule has 16 heavy (non-hydrogen) atoms. The largest absolute Gasteiger partial charge is 0.492 e. The Morgan fingerprint density at radius 3 is 2.81 bits per heavy atom. The van der Waals surface area contributed by atoms with Crippen molar-refractivity contribution < 1.29 is 4.74 Å². The molecule has 0 bridgehead atoms. The quantitative estimate of drug-likeness (QED) is 0.807. The van der Waals surface area contributed by atoms with Crippen molar-refractivity contribution in [3.8, 4) is 5.75 Å². The SMILES string of the molecule is Brc1ccc(OCCc2cccnc2)cn1. The highest BCUT2D eigenvalue weighted by molar-refractivity contribution is 9.10. The van der Waals surface area contributed by atoms with E-state index in [-0.39, 0.29) is 0 Å². The van der Waals surface area contributed by atoms with Gasteiger partial charge in [-0.15, -0.1) is 0 Å². The molecule has 0 radical (unpaired) electrons. The summed E-state index contributed by atoms with van der Waals surface area (Å²) in [7, 11) is 0. The molecule has 0 aliphatic rings. The fourth-order valence-electron chi connectivity index (χ4n) is 1.28. The van der Waals surface area contributed by atoms with Gasteiger partial charge in [0, 0.05) is 18.8 Å². The number of aromatic nitrogens is 2. The predicted molar refractivity (Wildman–Crippen MR) is 65.4 cm³/mol. The minimum Gasteiger partial charge on any atom is -0.492 e. The van der Waals surface area contributed by atoms with Crippen molar-refractivity contribution in [2.75, 3.05) is 6.61 Å². The molecule has 2 heterocycles. The van der Waals surface area contributed by atoms with Gasteiger partial charge < -0.3 is 4.74 Å². The van der Waals surface area contributed by atoms with Crippen LogP contribution in [0.5, 0.6) is 5.75 Å². The maximum atomic E-state index is 5.55. The second kappa shape index (κ2) is 5.61. The van der Waals surface area contributed by atoms with E-state index in [0.717, 1.165) is 16.8 Å². The summed E-state index contributed by atoms with van der Waals surface area (Å²) in [6.07, 6.45) is 6.17. The van der Waals surface area contributed by atoms with Crippen molar-refractivity contribution in [1.82, 2.24) is 9.97 Å². The van der Waals surface area contributed by atoms with Gasteiger partial charge >= 0.3 is 0 Å². The first-order chi connectivity index (χ1) is 7.84. The van der Waals surface area contributed by atoms with E-state index < -0.39 is 0 Å². The van der Waals surface area contributed by atoms with Crippen LogP contribution in [-0.4, -0.2) is 16.6 Å². The van der Waals surface area contributed by atoms with Crippen molar-refractivity contribution in [2.24, 2.45) is 0 Å². The summed E-state index contributed by atoms with van der Waals surface area (Å²) in [6, 6.07) is 7.71. The monoisotopic (exact) mass is 278 g/mol. The van der Waals surface area contributed by atoms with Crippen LogP contribution in [0.2, 0.25) is 0 Å². The van der Waals surface area contributed by atoms with Crippen LogP contribution in [0.15, 0.2) is 47.5 Å². The lowest BCUT2D eigenvalue weighted by Crippen LogP contribution is -2.01. The number of halogens is 1. The summed E-state index contributed by atoms with van der Waals surface area (Å²) in [4.78, 5) is 8.13. The summed E-state index contributed by atoms with van der Waals surface area (Å²) in [5.41, 5.74) is 1.17. The van der Waals surface area contributed by atoms with Gasteiger partial charge in [0.15, 0.2) is 0 Å². The summed E-state index contributed by atoms with van der Waals surface area (Å²) < 4.78 is 6.37. The summed E-state index contributed by atoms with van der Waals surface area (Å²) in [5, 5.41) is 0. The lowest BCUT2D eigenvalue weighted by molar-refractivity contribution is 0.320. The third-order valence-electron chi connectivity index (χ3n) is 2.08. The van der Waals surface area contributed by atoms with Gasteiger partial charge in [-0.25, -0.2) is 4.98 Å². The van der Waals surface area contributed by atoms with Crippen LogP contribution in [0.3, 0.4) is 0 Å². The maximum Gasteiger partial charge on any atom is 0.137 e. The molecule has 0 amide bonds. The smallest absolute Gasteiger partial charge is 0.137 e. The van der Waals surface area contributed by atoms with E-state index in [1.54, 1.807) is 12.4 Å². The molecule has 0 unspecified atom stereocenters. The Morgan fingerprint density at radius 1 is 1.19 bits per heavy atom. The van der Waals surface area contributed by atoms with E-state index in [0.29, 0.717) is 6.61 Å². The molecule has 2 rings (SSSR count). The van der Waals surface area contributed by atoms with E-state index in [1.807, 2.05) is 30.5 Å². The van der Waals surface area contributed by atoms with Crippen LogP contribution in [0, 0.1) is 0 Å². The first kappa shape index (κ1) is 11.1. The third-order valence-corrected chi connectivity index (χ3v) is 2.55. The van der Waals surface area contributed by atoms with Crippen molar-refractivity contribution in [3.05, 3.63) is 53.0 Å². The minimum atomic E-state index is 0.634. The molecule has 0 aromatic carbocycles. The zero-order valence-corrected chi connectivity index (χ0v) is 10.2. The van der Waals surface area contributed by atoms with Crippen LogP contribution in [0.1, 0.15) is 5.56 Å². The first-order valence-electron chi connectivity index (χ1n) is 4.98. The zero-order valence-electron chi connectivity index (χ0n) is 8.64. The van der Waals surface area contributed by atoms with Crippen molar-refractivity contribution >= 4 is 15.9 Å². The average molecular weight is 279 g/mol. The lowest BCUT2D eigenvalue weighted by Gasteiger charge is -2.05. The Balaban J connectivity index is 1.82. The van der Waals surface area contributed by atoms with Crippen molar-refractivity contribution in [1.29, 1.82) is 0 Å². The van der Waals surface area contributed by atoms with E-state index in [9.17, 15) is 0 Å². The first-order valence-corrected chi connectivity index (χ1v) is 5.77. The van der Waals surface area contributed by atoms with Gasteiger partial charge in [0.2, 0.25) is 0 Å². The summed E-state index contributed by atoms with van der Waals surface area (Å²) in [5.74, 6) is 0.784. The number of pyridine rings is 2. The second-order valence-electron chi connectivity index (χ2n) is 3.28. The van der Waals surface area contributed by atoms with Gasteiger partial charge in [0.1, 0.15) is 10.4 Å². The number of rotatable bonds is 4. The van der Waals surface area contributed by atoms with Gasteiger partial charge in [-0.3, -0.25) is 4.98 Å². The molecule has 0 aliphatic carbocycles. The molecule has 0 N–H and O–H groups in total. The second-order valence-corrected chi connectivity index (χ2v) is 4.09. The molecule has 82 valence electrons. The molecule has 4 heteroatoms. The molecule has 0 fully saturated rings. The normalized spacial score (nSPS) is 10.1. The highest BCUT2D eigenvalue weighted by atomic mass is 79.9. The molecule has 0 atom stereocenters. The van der Waals surface area contributed by atoms with Crippen LogP contribution < -0.4 is 4.74 Å². The molecule has 2 aromatic rings. The molecule has 0 spiro atoms. The van der Waals surface area contributed by atoms with E-state index >= 15 is 0 Å². The molecular formula is C12H11BrN2O. The predicted octanol–water partition coefficient (Wildman–Crippen LogP) is 2.86. The van der Waals surface area contributed by atoms with Crippen LogP contribution >= 0.6 is 15.9 Å². The zero-order chi connectivity index (χ0) is 11.2. The molecule has 0 saturated heterocycles. The average Bonchev–Trinajstić information content (AvgIpc) is 2.33. The van der Waals surface area contributed by atoms with Crippen LogP contribution in [0.25, 0.3) is 0 Å². The van der Waals surface area contributed by atoms with Gasteiger partial charge in [-0.2, -0.15) is 0 Å². The Labute approximate surface area is 103 Å². The molecule has 2 aromatic heterocycles. The van der Waals surface area contributed by atoms with Gasteiger partial charge in [0.05, 0.1) is 12.8 Å². The molecule has 0 aliphatic heterocycles. The van der Waals surface area contributed by atoms with Gasteiger partial charge in [-0.05, 0) is 39.7 Å². The number of ether oxygens (including phenoxy) is 1. The Morgan fingerprint density at radius 2 is 2.12 bits per heavy atom. The van der Waals surface area contributed by atoms with E-state index in [4.69, 9.17) is 4.74 Å². The van der Waals surface area contributed by atoms with Crippen LogP contribution in [0.4, 0.5) is 0 Å². The fraction of sp³-hybridized carbons (Fsp3) is 0.167. The highest BCUT2D eigenvalue weighted by Gasteiger charge is 1.96. The Hall–Kier alpha value is -1.42. The topological polar surface area (TPSA) is 35.0 Å². The maximum absolute atomic E-state index is 5.55. The third kappa shape index (κ3) is 3.31. The van der Waals surface area contributed by atoms with Gasteiger partial charge in [0.25, 0.3) is 0 Å². The Bertz CT molecular complexity index is 431. The number of nitrogens with zero attached hydrogens (tertiary/aromatic N) is 2. The highest BCUT2D eigenvalue weighted by Crippen LogP contribution is 2.12. The molecule has 0 saturated carbocycles. The number of hydrogen-bond acceptors (Lipinski definition) is 3. The summed E-state index contributed by atoms with van der Waals surface area (Å²) in [6.45, 7) is 0.634. The minimum absolute atomic E-state index is 0.634. The number of hydrogen-bond donors (Lipinski definition) is 0. The van der Waals surface area contributed by atoms with Crippen molar-refractivity contribution in [2.45, 2.75) is 6.42 Å². The van der Waals surface area contributed by atoms with E-state index in [1.165, 1.54) is 5.56 Å². The van der Waals surface area contributed by atoms with E-state index in [2.05, 4.69) is 25.9 Å². The van der Waals surface area contributed by atoms with Crippen molar-refractivity contribution in [3.63, 3.8) is 0 Å². The fourth-order valence-corrected chi connectivity index (χ4v) is 1.51. The summed E-state index contributed by atoms with van der Waals surface area (Å²) >= 11 is 3.28.